The molecule has 0 unspecified atom stereocenters. The van der Waals surface area contributed by atoms with Crippen LogP contribution in [0.15, 0.2) is 114 Å². The van der Waals surface area contributed by atoms with E-state index in [1.54, 1.807) is 69.4 Å². The van der Waals surface area contributed by atoms with Gasteiger partial charge in [-0.05, 0) is 149 Å². The number of unbranched alkanes of at least 4 members (excludes halogenated alkanes) is 1. The van der Waals surface area contributed by atoms with Gasteiger partial charge in [0.05, 0.1) is 18.2 Å². The predicted octanol–water partition coefficient (Wildman–Crippen LogP) is 6.73. The van der Waals surface area contributed by atoms with Crippen LogP contribution in [0, 0.1) is 5.92 Å². The molecule has 0 bridgehead atoms. The van der Waals surface area contributed by atoms with Gasteiger partial charge in [0.1, 0.15) is 52.6 Å². The normalized spacial score (nSPS) is 21.2. The first-order valence-electron chi connectivity index (χ1n) is 33.7. The van der Waals surface area contributed by atoms with Crippen molar-refractivity contribution >= 4 is 108 Å². The standard InChI is InChI=1S/C71H94N10O14S4/c1-43(82)61(58(85)26-18-36-96-99-60-27-15-17-34-72-60)80-67(91)57-42-98-97-41-56(77-65(89)54(38-45-19-8-6-9-20-45)79-69(93)74-50-22-10-7-11-23-50)59(86)40-49(37-46-28-32-51(84)33-29-46)63(87)76-55(39-48-31-30-47-21-12-13-24-52(47)48)66(90)75-53(64(88)81-62(44(2)83)68(92)78-57)25-14-16-35-73-70(94)95-71(3,4)5/h6,8-9,12-13,15,17,19-21,24,27-29,31-34,43-44,49-50,53-57,61-62,82-84H,7,10-11,14,16,18,22-23,25-26,30,35-42H2,1-5H3,(H,73,94)(H,75,90)(H,76,87)(H,77,89)(H,78,92)(H,80,91)(H,81,88)(H2,74,79,93)/t43-,44-,49-,53+,54-,55-,56+,57+,61+,62+/m1/s1. The smallest absolute Gasteiger partial charge is 0.407 e. The first-order valence-corrected chi connectivity index (χ1v) is 38.5. The lowest BCUT2D eigenvalue weighted by atomic mass is 9.90. The Morgan fingerprint density at radius 1 is 0.727 bits per heavy atom. The topological polar surface area (TPSA) is 362 Å². The Morgan fingerprint density at radius 3 is 2.13 bits per heavy atom. The highest BCUT2D eigenvalue weighted by Gasteiger charge is 2.38. The zero-order valence-corrected chi connectivity index (χ0v) is 59.9. The lowest BCUT2D eigenvalue weighted by Gasteiger charge is -2.29. The number of rotatable bonds is 26. The number of aliphatic hydroxyl groups is 2. The van der Waals surface area contributed by atoms with Crippen LogP contribution < -0.4 is 47.9 Å². The van der Waals surface area contributed by atoms with Crippen molar-refractivity contribution in [3.8, 4) is 5.75 Å². The third-order valence-corrected chi connectivity index (χ3v) is 21.6. The van der Waals surface area contributed by atoms with Crippen molar-refractivity contribution in [3.63, 3.8) is 0 Å². The summed E-state index contributed by atoms with van der Waals surface area (Å²) in [5.74, 6) is -7.76. The number of carbonyl (C=O) groups excluding carboxylic acids is 10. The molecule has 1 aromatic heterocycles. The van der Waals surface area contributed by atoms with Gasteiger partial charge in [-0.1, -0.05) is 131 Å². The van der Waals surface area contributed by atoms with Crippen molar-refractivity contribution in [2.24, 2.45) is 5.92 Å². The molecule has 536 valence electrons. The molecular formula is C71H94N10O14S4. The summed E-state index contributed by atoms with van der Waals surface area (Å²) in [4.78, 5) is 150. The Balaban J connectivity index is 1.25. The van der Waals surface area contributed by atoms with Crippen molar-refractivity contribution in [2.45, 2.75) is 202 Å². The fourth-order valence-corrected chi connectivity index (χ4v) is 15.9. The number of amides is 9. The summed E-state index contributed by atoms with van der Waals surface area (Å²) in [7, 11) is 4.89. The zero-order chi connectivity index (χ0) is 71.4. The molecule has 24 nitrogen and oxygen atoms in total. The van der Waals surface area contributed by atoms with E-state index in [0.717, 1.165) is 69.8 Å². The van der Waals surface area contributed by atoms with E-state index in [1.807, 2.05) is 48.5 Å². The van der Waals surface area contributed by atoms with Gasteiger partial charge in [-0.25, -0.2) is 14.6 Å². The van der Waals surface area contributed by atoms with E-state index in [4.69, 9.17) is 4.74 Å². The van der Waals surface area contributed by atoms with Crippen molar-refractivity contribution < 1.29 is 68.0 Å². The van der Waals surface area contributed by atoms with Gasteiger partial charge in [-0.15, -0.1) is 0 Å². The van der Waals surface area contributed by atoms with Gasteiger partial charge in [-0.3, -0.25) is 38.4 Å². The highest BCUT2D eigenvalue weighted by Crippen LogP contribution is 2.33. The third-order valence-electron chi connectivity index (χ3n) is 16.8. The molecule has 28 heteroatoms. The summed E-state index contributed by atoms with van der Waals surface area (Å²) in [5.41, 5.74) is 2.91. The number of aliphatic hydroxyl groups excluding tert-OH is 2. The van der Waals surface area contributed by atoms with Gasteiger partial charge in [0.25, 0.3) is 0 Å². The van der Waals surface area contributed by atoms with Gasteiger partial charge >= 0.3 is 12.1 Å². The number of alkyl carbamates (subject to hydrolysis) is 1. The molecule has 1 saturated heterocycles. The molecule has 1 saturated carbocycles. The summed E-state index contributed by atoms with van der Waals surface area (Å²) in [6.07, 6.45) is 4.73. The number of pyridine rings is 1. The quantitative estimate of drug-likeness (QED) is 0.0229. The molecule has 10 atom stereocenters. The van der Waals surface area contributed by atoms with Crippen molar-refractivity contribution in [1.29, 1.82) is 0 Å². The van der Waals surface area contributed by atoms with E-state index in [9.17, 15) is 48.9 Å². The molecule has 0 radical (unpaired) electrons. The molecule has 3 aromatic carbocycles. The number of hydrogen-bond acceptors (Lipinski definition) is 19. The first-order chi connectivity index (χ1) is 47.4. The molecule has 0 spiro atoms. The first kappa shape index (κ1) is 78.7. The summed E-state index contributed by atoms with van der Waals surface area (Å²) in [6.45, 7) is 7.80. The Labute approximate surface area is 594 Å². The summed E-state index contributed by atoms with van der Waals surface area (Å²) >= 11 is 0. The molecule has 2 aliphatic carbocycles. The fraction of sp³-hybridized carbons (Fsp3) is 0.507. The number of phenols is 1. The minimum Gasteiger partial charge on any atom is -0.508 e. The number of urea groups is 1. The Kier molecular flexibility index (Phi) is 31.8. The van der Waals surface area contributed by atoms with Crippen LogP contribution in [0.2, 0.25) is 0 Å². The van der Waals surface area contributed by atoms with Crippen LogP contribution in [0.4, 0.5) is 9.59 Å². The number of benzene rings is 3. The second-order valence-corrected chi connectivity index (χ2v) is 31.1. The number of aromatic hydroxyl groups is 1. The van der Waals surface area contributed by atoms with Crippen LogP contribution in [0.3, 0.4) is 0 Å². The van der Waals surface area contributed by atoms with E-state index < -0.39 is 132 Å². The number of ketones is 2. The third kappa shape index (κ3) is 26.8. The average Bonchev–Trinajstić information content (AvgIpc) is 1.75. The Hall–Kier alpha value is -7.63. The van der Waals surface area contributed by atoms with Crippen LogP contribution >= 0.6 is 43.2 Å². The highest BCUT2D eigenvalue weighted by atomic mass is 33.1. The monoisotopic (exact) mass is 1440 g/mol. The van der Waals surface area contributed by atoms with Crippen molar-refractivity contribution in [2.75, 3.05) is 23.8 Å². The van der Waals surface area contributed by atoms with Crippen LogP contribution in [0.5, 0.6) is 5.75 Å². The molecule has 3 aliphatic rings. The number of nitrogens with zero attached hydrogens (tertiary/aromatic N) is 1. The van der Waals surface area contributed by atoms with Gasteiger partial charge in [-0.2, -0.15) is 0 Å². The number of ether oxygens (including phenoxy) is 1. The predicted molar refractivity (Wildman–Crippen MR) is 385 cm³/mol. The lowest BCUT2D eigenvalue weighted by molar-refractivity contribution is -0.137. The Bertz CT molecular complexity index is 3400. The number of allylic oxidation sites excluding steroid dienone is 1. The Morgan fingerprint density at radius 2 is 1.42 bits per heavy atom. The summed E-state index contributed by atoms with van der Waals surface area (Å²) in [6, 6.07) is 17.0. The number of fused-ring (bicyclic) bond motifs is 1. The molecule has 12 N–H and O–H groups in total. The van der Waals surface area contributed by atoms with Gasteiger partial charge in [0.15, 0.2) is 11.6 Å². The summed E-state index contributed by atoms with van der Waals surface area (Å²) in [5, 5.41) is 58.5. The molecule has 99 heavy (non-hydrogen) atoms. The van der Waals surface area contributed by atoms with E-state index in [-0.39, 0.29) is 74.8 Å². The van der Waals surface area contributed by atoms with E-state index in [2.05, 4.69) is 52.8 Å². The average molecular weight is 1440 g/mol. The number of aromatic nitrogens is 1. The minimum atomic E-state index is -1.80. The molecular weight excluding hydrogens is 1350 g/mol. The molecule has 2 heterocycles. The largest absolute Gasteiger partial charge is 0.508 e. The molecule has 1 aliphatic heterocycles. The maximum absolute atomic E-state index is 15.4. The number of hydrogen-bond donors (Lipinski definition) is 12. The molecule has 7 rings (SSSR count). The molecule has 4 aromatic rings. The van der Waals surface area contributed by atoms with E-state index >= 15 is 14.4 Å². The number of Topliss-reactive ketones (excluding diaryl/α,β-unsaturated/α-hetero) is 2. The van der Waals surface area contributed by atoms with Crippen molar-refractivity contribution in [3.05, 3.63) is 132 Å². The van der Waals surface area contributed by atoms with Gasteiger partial charge < -0.3 is 67.9 Å². The number of nitrogens with one attached hydrogen (secondary N) is 9. The van der Waals surface area contributed by atoms with E-state index in [1.165, 1.54) is 47.6 Å². The maximum atomic E-state index is 15.4. The fourth-order valence-electron chi connectivity index (χ4n) is 11.5. The zero-order valence-electron chi connectivity index (χ0n) is 56.6. The SMILES string of the molecule is C[C@@H](O)[C@H](NC(=O)[C@@H]1CSSC[C@H](NC(=O)[C@@H](Cc2ccccc2)NC(=O)NC2CCCCC2)C(=O)C[C@@H](Cc2ccc(O)cc2)C(=O)N[C@H](CC2=CCc3ccccc32)C(=O)N[C@@H](CCCCNC(=O)OC(C)(C)C)C(=O)N[C@@H]([C@@H](C)O)C(=O)N1)C(=O)CCCSSc1ccccn1. The minimum absolute atomic E-state index is 0.0142. The van der Waals surface area contributed by atoms with Gasteiger partial charge in [0, 0.05) is 67.6 Å². The van der Waals surface area contributed by atoms with Crippen LogP contribution in [-0.4, -0.2) is 169 Å². The second kappa shape index (κ2) is 40.0. The lowest BCUT2D eigenvalue weighted by Crippen LogP contribution is -2.62. The molecule has 9 amide bonds. The van der Waals surface area contributed by atoms with Crippen molar-refractivity contribution in [1.82, 2.24) is 52.8 Å². The highest BCUT2D eigenvalue weighted by molar-refractivity contribution is 8.77. The second-order valence-electron chi connectivity index (χ2n) is 26.1. The van der Waals surface area contributed by atoms with Crippen LogP contribution in [0.25, 0.3) is 5.57 Å². The van der Waals surface area contributed by atoms with Crippen LogP contribution in [0.1, 0.15) is 134 Å². The van der Waals surface area contributed by atoms with Crippen LogP contribution in [-0.2, 0) is 62.4 Å². The number of carbonyl (C=O) groups is 10. The maximum Gasteiger partial charge on any atom is 0.407 e. The summed E-state index contributed by atoms with van der Waals surface area (Å²) < 4.78 is 5.39. The number of phenolic OH excluding ortho intramolecular Hbond substituents is 1. The van der Waals surface area contributed by atoms with Gasteiger partial charge in [0.2, 0.25) is 35.4 Å². The van der Waals surface area contributed by atoms with E-state index in [0.29, 0.717) is 35.3 Å². The molecule has 2 fully saturated rings.